The molecule has 0 bridgehead atoms. The summed E-state index contributed by atoms with van der Waals surface area (Å²) in [7, 11) is 0. The lowest BCUT2D eigenvalue weighted by atomic mass is 10.1. The highest BCUT2D eigenvalue weighted by molar-refractivity contribution is 5.03. The van der Waals surface area contributed by atoms with Crippen LogP contribution in [0.2, 0.25) is 0 Å². The molecule has 0 aliphatic heterocycles. The number of hydrogen-bond donors (Lipinski definition) is 1. The van der Waals surface area contributed by atoms with Crippen LogP contribution in [-0.4, -0.2) is 25.8 Å². The molecule has 0 aromatic heterocycles. The first kappa shape index (κ1) is 22.5. The summed E-state index contributed by atoms with van der Waals surface area (Å²) in [4.78, 5) is 0. The molecular formula is C21H41NO. The van der Waals surface area contributed by atoms with Crippen LogP contribution < -0.4 is 5.32 Å². The average molecular weight is 324 g/mol. The van der Waals surface area contributed by atoms with Crippen LogP contribution in [0.25, 0.3) is 0 Å². The van der Waals surface area contributed by atoms with Crippen LogP contribution in [0.4, 0.5) is 0 Å². The molecule has 0 aromatic rings. The molecule has 23 heavy (non-hydrogen) atoms. The van der Waals surface area contributed by atoms with E-state index in [2.05, 4.69) is 24.1 Å². The lowest BCUT2D eigenvalue weighted by Gasteiger charge is -2.04. The number of unbranched alkanes of at least 4 members (excludes halogenated alkanes) is 10. The predicted octanol–water partition coefficient (Wildman–Crippen LogP) is 5.71. The fourth-order valence-corrected chi connectivity index (χ4v) is 2.66. The molecule has 0 radical (unpaired) electrons. The molecule has 0 saturated heterocycles. The van der Waals surface area contributed by atoms with Crippen molar-refractivity contribution in [1.29, 1.82) is 0 Å². The Bertz CT molecular complexity index is 279. The van der Waals surface area contributed by atoms with Gasteiger partial charge in [0.25, 0.3) is 0 Å². The van der Waals surface area contributed by atoms with E-state index in [0.29, 0.717) is 0 Å². The minimum absolute atomic E-state index is 0.0975. The van der Waals surface area contributed by atoms with Gasteiger partial charge in [-0.2, -0.15) is 0 Å². The standard InChI is InChI=1S/C21H41NO/c1-4-6-7-16-19-22-20-17-14-12-10-8-9-11-13-15-18-21(3)23-5-2/h21-22H,4-14,16-17,19-20H2,1-3H3. The molecule has 0 heterocycles. The first-order chi connectivity index (χ1) is 11.3. The molecule has 2 heteroatoms. The first-order valence-corrected chi connectivity index (χ1v) is 10.1. The molecule has 0 fully saturated rings. The zero-order valence-corrected chi connectivity index (χ0v) is 16.1. The van der Waals surface area contributed by atoms with Crippen LogP contribution in [0.3, 0.4) is 0 Å². The molecule has 0 spiro atoms. The summed E-state index contributed by atoms with van der Waals surface area (Å²) in [5.74, 6) is 6.38. The quantitative estimate of drug-likeness (QED) is 0.290. The van der Waals surface area contributed by atoms with Crippen molar-refractivity contribution in [3.05, 3.63) is 0 Å². The van der Waals surface area contributed by atoms with Crippen molar-refractivity contribution in [2.75, 3.05) is 19.7 Å². The van der Waals surface area contributed by atoms with E-state index in [-0.39, 0.29) is 6.10 Å². The lowest BCUT2D eigenvalue weighted by Crippen LogP contribution is -2.16. The number of ether oxygens (including phenoxy) is 1. The van der Waals surface area contributed by atoms with E-state index in [1.165, 1.54) is 83.7 Å². The van der Waals surface area contributed by atoms with Crippen LogP contribution in [-0.2, 0) is 4.74 Å². The average Bonchev–Trinajstić information content (AvgIpc) is 2.54. The van der Waals surface area contributed by atoms with Crippen LogP contribution in [0.1, 0.15) is 97.8 Å². The van der Waals surface area contributed by atoms with Crippen molar-refractivity contribution in [2.45, 2.75) is 104 Å². The normalized spacial score (nSPS) is 12.0. The number of hydrogen-bond acceptors (Lipinski definition) is 2. The van der Waals surface area contributed by atoms with Crippen LogP contribution in [0, 0.1) is 11.8 Å². The van der Waals surface area contributed by atoms with Gasteiger partial charge < -0.3 is 10.1 Å². The summed E-state index contributed by atoms with van der Waals surface area (Å²) in [6.07, 6.45) is 16.0. The maximum absolute atomic E-state index is 5.39. The minimum Gasteiger partial charge on any atom is -0.366 e. The maximum Gasteiger partial charge on any atom is 0.115 e. The van der Waals surface area contributed by atoms with Gasteiger partial charge >= 0.3 is 0 Å². The SMILES string of the molecule is CCCCCCNCCCCCCCCCC#CC(C)OCC. The Kier molecular flexibility index (Phi) is 19.1. The third-order valence-electron chi connectivity index (χ3n) is 4.08. The summed E-state index contributed by atoms with van der Waals surface area (Å²) in [5.41, 5.74) is 0. The fraction of sp³-hybridized carbons (Fsp3) is 0.905. The predicted molar refractivity (Wildman–Crippen MR) is 103 cm³/mol. The molecule has 0 aliphatic carbocycles. The van der Waals surface area contributed by atoms with Gasteiger partial charge in [0, 0.05) is 13.0 Å². The van der Waals surface area contributed by atoms with Gasteiger partial charge in [0.1, 0.15) is 6.10 Å². The van der Waals surface area contributed by atoms with Gasteiger partial charge in [-0.25, -0.2) is 0 Å². The Hall–Kier alpha value is -0.520. The van der Waals surface area contributed by atoms with Gasteiger partial charge in [0.2, 0.25) is 0 Å². The second-order valence-corrected chi connectivity index (χ2v) is 6.45. The third kappa shape index (κ3) is 19.4. The number of rotatable bonds is 16. The van der Waals surface area contributed by atoms with Gasteiger partial charge in [0.15, 0.2) is 0 Å². The summed E-state index contributed by atoms with van der Waals surface area (Å²) < 4.78 is 5.39. The first-order valence-electron chi connectivity index (χ1n) is 10.1. The zero-order valence-electron chi connectivity index (χ0n) is 16.1. The molecule has 1 atom stereocenters. The number of nitrogens with one attached hydrogen (secondary N) is 1. The van der Waals surface area contributed by atoms with E-state index in [1.807, 2.05) is 13.8 Å². The Labute approximate surface area is 146 Å². The molecule has 0 saturated carbocycles. The lowest BCUT2D eigenvalue weighted by molar-refractivity contribution is 0.116. The fourth-order valence-electron chi connectivity index (χ4n) is 2.66. The Morgan fingerprint density at radius 3 is 1.96 bits per heavy atom. The molecular weight excluding hydrogens is 282 g/mol. The van der Waals surface area contributed by atoms with E-state index in [1.54, 1.807) is 0 Å². The largest absolute Gasteiger partial charge is 0.366 e. The van der Waals surface area contributed by atoms with Crippen molar-refractivity contribution in [3.8, 4) is 11.8 Å². The Balaban J connectivity index is 3.10. The van der Waals surface area contributed by atoms with E-state index in [4.69, 9.17) is 4.74 Å². The van der Waals surface area contributed by atoms with Crippen LogP contribution in [0.15, 0.2) is 0 Å². The summed E-state index contributed by atoms with van der Waals surface area (Å²) in [5, 5.41) is 3.56. The molecule has 2 nitrogen and oxygen atoms in total. The Morgan fingerprint density at radius 1 is 0.783 bits per heavy atom. The summed E-state index contributed by atoms with van der Waals surface area (Å²) >= 11 is 0. The topological polar surface area (TPSA) is 21.3 Å². The smallest absolute Gasteiger partial charge is 0.115 e. The highest BCUT2D eigenvalue weighted by Crippen LogP contribution is 2.08. The van der Waals surface area contributed by atoms with Gasteiger partial charge in [-0.3, -0.25) is 0 Å². The minimum atomic E-state index is 0.0975. The second kappa shape index (κ2) is 19.5. The summed E-state index contributed by atoms with van der Waals surface area (Å²) in [6, 6.07) is 0. The van der Waals surface area contributed by atoms with Gasteiger partial charge in [-0.15, -0.1) is 5.92 Å². The van der Waals surface area contributed by atoms with E-state index >= 15 is 0 Å². The molecule has 0 amide bonds. The van der Waals surface area contributed by atoms with E-state index in [9.17, 15) is 0 Å². The van der Waals surface area contributed by atoms with Gasteiger partial charge in [-0.05, 0) is 46.2 Å². The second-order valence-electron chi connectivity index (χ2n) is 6.45. The van der Waals surface area contributed by atoms with Crippen molar-refractivity contribution >= 4 is 0 Å². The van der Waals surface area contributed by atoms with Crippen LogP contribution >= 0.6 is 0 Å². The van der Waals surface area contributed by atoms with Gasteiger partial charge in [0.05, 0.1) is 0 Å². The van der Waals surface area contributed by atoms with E-state index in [0.717, 1.165) is 13.0 Å². The van der Waals surface area contributed by atoms with Crippen molar-refractivity contribution in [3.63, 3.8) is 0 Å². The molecule has 0 aliphatic rings. The third-order valence-corrected chi connectivity index (χ3v) is 4.08. The molecule has 1 unspecified atom stereocenters. The van der Waals surface area contributed by atoms with Crippen molar-refractivity contribution < 1.29 is 4.74 Å². The molecule has 136 valence electrons. The van der Waals surface area contributed by atoms with E-state index < -0.39 is 0 Å². The maximum atomic E-state index is 5.39. The van der Waals surface area contributed by atoms with Crippen molar-refractivity contribution in [2.24, 2.45) is 0 Å². The van der Waals surface area contributed by atoms with Gasteiger partial charge in [-0.1, -0.05) is 64.2 Å². The molecule has 0 aromatic carbocycles. The zero-order chi connectivity index (χ0) is 17.0. The highest BCUT2D eigenvalue weighted by atomic mass is 16.5. The molecule has 1 N–H and O–H groups in total. The van der Waals surface area contributed by atoms with Crippen LogP contribution in [0.5, 0.6) is 0 Å². The molecule has 0 rings (SSSR count). The van der Waals surface area contributed by atoms with Crippen molar-refractivity contribution in [1.82, 2.24) is 5.32 Å². The Morgan fingerprint density at radius 2 is 1.35 bits per heavy atom. The summed E-state index contributed by atoms with van der Waals surface area (Å²) in [6.45, 7) is 9.48. The highest BCUT2D eigenvalue weighted by Gasteiger charge is 1.94. The monoisotopic (exact) mass is 323 g/mol.